The molecule has 188 valence electrons. The molecule has 1 aromatic heterocycles. The minimum atomic E-state index is -3.93. The highest BCUT2D eigenvalue weighted by atomic mass is 79.9. The molecule has 8 nitrogen and oxygen atoms in total. The van der Waals surface area contributed by atoms with E-state index >= 15 is 0 Å². The third-order valence-corrected chi connectivity index (χ3v) is 7.79. The van der Waals surface area contributed by atoms with Crippen LogP contribution in [-0.4, -0.2) is 55.2 Å². The van der Waals surface area contributed by atoms with Crippen LogP contribution in [0.4, 0.5) is 4.79 Å². The Morgan fingerprint density at radius 3 is 2.31 bits per heavy atom. The highest BCUT2D eigenvalue weighted by Crippen LogP contribution is 2.33. The van der Waals surface area contributed by atoms with E-state index in [1.807, 2.05) is 6.92 Å². The third kappa shape index (κ3) is 5.70. The van der Waals surface area contributed by atoms with Crippen molar-refractivity contribution in [1.29, 1.82) is 0 Å². The first-order valence-electron chi connectivity index (χ1n) is 10.9. The van der Waals surface area contributed by atoms with Crippen molar-refractivity contribution in [3.63, 3.8) is 0 Å². The minimum Gasteiger partial charge on any atom is -0.467 e. The number of benzene rings is 2. The van der Waals surface area contributed by atoms with Crippen molar-refractivity contribution >= 4 is 48.9 Å². The summed E-state index contributed by atoms with van der Waals surface area (Å²) in [5.41, 5.74) is 1.18. The standard InChI is InChI=1S/C25H29BrN2O6S/c1-16-10-12-18(13-11-16)35(31,32)28-15-17(22-19(26)8-7-9-20(22)28)14-21(23(29)33-6)27(5)24(30)34-25(2,3)4/h7-13,15,21H,14H2,1-6H3/t21-/m0/s1. The Balaban J connectivity index is 2.12. The molecular weight excluding hydrogens is 536 g/mol. The van der Waals surface area contributed by atoms with E-state index in [1.165, 1.54) is 29.2 Å². The molecule has 0 spiro atoms. The molecule has 0 aliphatic rings. The van der Waals surface area contributed by atoms with Crippen molar-refractivity contribution in [3.8, 4) is 0 Å². The predicted octanol–water partition coefficient (Wildman–Crippen LogP) is 4.90. The van der Waals surface area contributed by atoms with Crippen LogP contribution < -0.4 is 0 Å². The first-order chi connectivity index (χ1) is 16.3. The summed E-state index contributed by atoms with van der Waals surface area (Å²) in [7, 11) is -1.24. The predicted molar refractivity (Wildman–Crippen MR) is 137 cm³/mol. The van der Waals surface area contributed by atoms with E-state index in [-0.39, 0.29) is 11.3 Å². The van der Waals surface area contributed by atoms with Gasteiger partial charge in [-0.05, 0) is 57.5 Å². The van der Waals surface area contributed by atoms with Gasteiger partial charge in [0.1, 0.15) is 11.6 Å². The van der Waals surface area contributed by atoms with E-state index in [4.69, 9.17) is 9.47 Å². The lowest BCUT2D eigenvalue weighted by molar-refractivity contribution is -0.146. The SMILES string of the molecule is COC(=O)[C@H](Cc1cn(S(=O)(=O)c2ccc(C)cc2)c2cccc(Br)c12)N(C)C(=O)OC(C)(C)C. The van der Waals surface area contributed by atoms with Gasteiger partial charge in [0.15, 0.2) is 0 Å². The Morgan fingerprint density at radius 1 is 1.11 bits per heavy atom. The van der Waals surface area contributed by atoms with Crippen LogP contribution in [0, 0.1) is 6.92 Å². The zero-order valence-electron chi connectivity index (χ0n) is 20.5. The maximum absolute atomic E-state index is 13.5. The van der Waals surface area contributed by atoms with Crippen LogP contribution in [0.5, 0.6) is 0 Å². The van der Waals surface area contributed by atoms with Gasteiger partial charge in [0.2, 0.25) is 0 Å². The molecule has 0 aliphatic heterocycles. The van der Waals surface area contributed by atoms with Crippen LogP contribution >= 0.6 is 15.9 Å². The highest BCUT2D eigenvalue weighted by molar-refractivity contribution is 9.10. The molecule has 0 radical (unpaired) electrons. The average molecular weight is 565 g/mol. The molecule has 0 saturated carbocycles. The van der Waals surface area contributed by atoms with E-state index in [9.17, 15) is 18.0 Å². The molecule has 0 fully saturated rings. The number of amides is 1. The van der Waals surface area contributed by atoms with Gasteiger partial charge in [-0.3, -0.25) is 4.90 Å². The lowest BCUT2D eigenvalue weighted by Gasteiger charge is -2.29. The summed E-state index contributed by atoms with van der Waals surface area (Å²) in [5, 5.41) is 0.620. The minimum absolute atomic E-state index is 0.0119. The number of ether oxygens (including phenoxy) is 2. The lowest BCUT2D eigenvalue weighted by Crippen LogP contribution is -2.46. The van der Waals surface area contributed by atoms with Crippen molar-refractivity contribution < 1.29 is 27.5 Å². The fourth-order valence-electron chi connectivity index (χ4n) is 3.65. The number of aryl methyl sites for hydroxylation is 1. The van der Waals surface area contributed by atoms with Gasteiger partial charge in [-0.15, -0.1) is 0 Å². The van der Waals surface area contributed by atoms with Crippen molar-refractivity contribution in [1.82, 2.24) is 8.87 Å². The molecule has 0 unspecified atom stereocenters. The Bertz CT molecular complexity index is 1360. The first-order valence-corrected chi connectivity index (χ1v) is 13.1. The first kappa shape index (κ1) is 26.7. The topological polar surface area (TPSA) is 94.9 Å². The molecule has 2 aromatic carbocycles. The molecule has 0 aliphatic carbocycles. The number of rotatable bonds is 6. The van der Waals surface area contributed by atoms with Gasteiger partial charge >= 0.3 is 12.1 Å². The largest absolute Gasteiger partial charge is 0.467 e. The quantitative estimate of drug-likeness (QED) is 0.395. The maximum atomic E-state index is 13.5. The Hall–Kier alpha value is -2.85. The second kappa shape index (κ2) is 10.0. The molecule has 1 heterocycles. The highest BCUT2D eigenvalue weighted by Gasteiger charge is 2.33. The Morgan fingerprint density at radius 2 is 1.74 bits per heavy atom. The number of likely N-dealkylation sites (N-methyl/N-ethyl adjacent to an activating group) is 1. The number of carbonyl (C=O) groups excluding carboxylic acids is 2. The van der Waals surface area contributed by atoms with Gasteiger partial charge in [0.05, 0.1) is 17.5 Å². The average Bonchev–Trinajstić information content (AvgIpc) is 3.16. The summed E-state index contributed by atoms with van der Waals surface area (Å²) < 4.78 is 39.3. The van der Waals surface area contributed by atoms with E-state index in [1.54, 1.807) is 63.2 Å². The number of carbonyl (C=O) groups is 2. The number of nitrogens with zero attached hydrogens (tertiary/aromatic N) is 2. The maximum Gasteiger partial charge on any atom is 0.410 e. The van der Waals surface area contributed by atoms with Crippen molar-refractivity contribution in [2.45, 2.75) is 50.7 Å². The van der Waals surface area contributed by atoms with Crippen molar-refractivity contribution in [2.75, 3.05) is 14.2 Å². The van der Waals surface area contributed by atoms with E-state index in [0.29, 0.717) is 20.9 Å². The van der Waals surface area contributed by atoms with Crippen LogP contribution in [0.1, 0.15) is 31.9 Å². The number of fused-ring (bicyclic) bond motifs is 1. The molecule has 35 heavy (non-hydrogen) atoms. The molecule has 0 saturated heterocycles. The Kier molecular flexibility index (Phi) is 7.66. The molecule has 3 rings (SSSR count). The van der Waals surface area contributed by atoms with E-state index < -0.39 is 33.7 Å². The second-order valence-corrected chi connectivity index (χ2v) is 11.9. The molecule has 1 atom stereocenters. The summed E-state index contributed by atoms with van der Waals surface area (Å²) >= 11 is 3.51. The summed E-state index contributed by atoms with van der Waals surface area (Å²) in [6, 6.07) is 10.8. The van der Waals surface area contributed by atoms with Gasteiger partial charge in [0, 0.05) is 29.5 Å². The summed E-state index contributed by atoms with van der Waals surface area (Å²) in [5.74, 6) is -0.646. The lowest BCUT2D eigenvalue weighted by atomic mass is 10.0. The van der Waals surface area contributed by atoms with Gasteiger partial charge in [-0.1, -0.05) is 39.7 Å². The van der Waals surface area contributed by atoms with Crippen LogP contribution in [0.2, 0.25) is 0 Å². The van der Waals surface area contributed by atoms with E-state index in [2.05, 4.69) is 15.9 Å². The zero-order chi connectivity index (χ0) is 26.1. The number of hydrogen-bond acceptors (Lipinski definition) is 6. The summed E-state index contributed by atoms with van der Waals surface area (Å²) in [6.45, 7) is 7.07. The molecule has 3 aromatic rings. The summed E-state index contributed by atoms with van der Waals surface area (Å²) in [4.78, 5) is 26.7. The van der Waals surface area contributed by atoms with Crippen LogP contribution in [-0.2, 0) is 30.7 Å². The molecule has 1 amide bonds. The second-order valence-electron chi connectivity index (χ2n) is 9.24. The van der Waals surface area contributed by atoms with Crippen molar-refractivity contribution in [2.24, 2.45) is 0 Å². The number of hydrogen-bond donors (Lipinski definition) is 0. The summed E-state index contributed by atoms with van der Waals surface area (Å²) in [6.07, 6.45) is 0.810. The van der Waals surface area contributed by atoms with Crippen LogP contribution in [0.25, 0.3) is 10.9 Å². The number of halogens is 1. The molecule has 10 heteroatoms. The zero-order valence-corrected chi connectivity index (χ0v) is 22.9. The normalized spacial score (nSPS) is 12.9. The van der Waals surface area contributed by atoms with Crippen LogP contribution in [0.15, 0.2) is 58.0 Å². The van der Waals surface area contributed by atoms with Gasteiger partial charge in [-0.2, -0.15) is 0 Å². The van der Waals surface area contributed by atoms with Gasteiger partial charge in [-0.25, -0.2) is 22.0 Å². The van der Waals surface area contributed by atoms with Gasteiger partial charge < -0.3 is 9.47 Å². The fraction of sp³-hybridized carbons (Fsp3) is 0.360. The number of esters is 1. The molecular formula is C25H29BrN2O6S. The third-order valence-electron chi connectivity index (χ3n) is 5.44. The van der Waals surface area contributed by atoms with Crippen LogP contribution in [0.3, 0.4) is 0 Å². The molecule has 0 bridgehead atoms. The van der Waals surface area contributed by atoms with E-state index in [0.717, 1.165) is 5.56 Å². The fourth-order valence-corrected chi connectivity index (χ4v) is 5.65. The Labute approximate surface area is 214 Å². The molecule has 0 N–H and O–H groups in total. The number of methoxy groups -OCH3 is 1. The monoisotopic (exact) mass is 564 g/mol. The van der Waals surface area contributed by atoms with Gasteiger partial charge in [0.25, 0.3) is 10.0 Å². The smallest absolute Gasteiger partial charge is 0.410 e. The van der Waals surface area contributed by atoms with Crippen molar-refractivity contribution in [3.05, 3.63) is 64.3 Å². The number of aromatic nitrogens is 1.